The number of nitrogens with two attached hydrogens (primary N) is 2. The number of hydrogen-bond acceptors (Lipinski definition) is 6. The van der Waals surface area contributed by atoms with E-state index in [1.54, 1.807) is 30.3 Å². The molecule has 0 fully saturated rings. The summed E-state index contributed by atoms with van der Waals surface area (Å²) in [5, 5.41) is 1.34. The van der Waals surface area contributed by atoms with E-state index < -0.39 is 11.7 Å². The molecule has 0 aromatic heterocycles. The minimum Gasteiger partial charge on any atom is -0.399 e. The first kappa shape index (κ1) is 20.9. The molecule has 0 bridgehead atoms. The van der Waals surface area contributed by atoms with Gasteiger partial charge in [-0.25, -0.2) is 5.84 Å². The Morgan fingerprint density at radius 2 is 1.96 bits per heavy atom. The molecule has 0 amide bonds. The van der Waals surface area contributed by atoms with Gasteiger partial charge in [-0.2, -0.15) is 13.2 Å². The molecule has 0 aliphatic carbocycles. The Morgan fingerprint density at radius 1 is 1.22 bits per heavy atom. The van der Waals surface area contributed by atoms with Gasteiger partial charge in [0.05, 0.1) is 29.2 Å². The first-order chi connectivity index (χ1) is 12.8. The van der Waals surface area contributed by atoms with Gasteiger partial charge in [0.2, 0.25) is 0 Å². The molecular formula is C18H21F3N4OS. The fraction of sp³-hybridized carbons (Fsp3) is 0.222. The van der Waals surface area contributed by atoms with E-state index in [1.165, 1.54) is 23.3 Å². The van der Waals surface area contributed by atoms with Crippen LogP contribution in [0.25, 0.3) is 0 Å². The SMILES string of the molecule is CCOC/C(N)=C/N(N)c1cccc(SNc2ccccc2C(F)(F)F)c1. The number of ether oxygens (including phenoxy) is 1. The Bertz CT molecular complexity index is 783. The van der Waals surface area contributed by atoms with Crippen LogP contribution < -0.4 is 21.3 Å². The molecule has 5 N–H and O–H groups in total. The predicted octanol–water partition coefficient (Wildman–Crippen LogP) is 4.34. The summed E-state index contributed by atoms with van der Waals surface area (Å²) in [6.07, 6.45) is -2.89. The first-order valence-corrected chi connectivity index (χ1v) is 8.90. The quantitative estimate of drug-likeness (QED) is 0.349. The van der Waals surface area contributed by atoms with Gasteiger partial charge in [0, 0.05) is 17.7 Å². The lowest BCUT2D eigenvalue weighted by atomic mass is 10.2. The van der Waals surface area contributed by atoms with Crippen LogP contribution in [0.15, 0.2) is 65.3 Å². The number of halogens is 3. The molecular weight excluding hydrogens is 377 g/mol. The van der Waals surface area contributed by atoms with Crippen LogP contribution in [0, 0.1) is 0 Å². The molecule has 0 spiro atoms. The van der Waals surface area contributed by atoms with Gasteiger partial charge in [0.25, 0.3) is 0 Å². The molecule has 2 aromatic carbocycles. The van der Waals surface area contributed by atoms with Crippen molar-refractivity contribution in [2.24, 2.45) is 11.6 Å². The highest BCUT2D eigenvalue weighted by molar-refractivity contribution is 8.00. The Kier molecular flexibility index (Phi) is 7.40. The lowest BCUT2D eigenvalue weighted by Gasteiger charge is -2.17. The molecule has 27 heavy (non-hydrogen) atoms. The number of alkyl halides is 3. The van der Waals surface area contributed by atoms with Crippen LogP contribution in [-0.2, 0) is 10.9 Å². The zero-order valence-electron chi connectivity index (χ0n) is 14.7. The third-order valence-electron chi connectivity index (χ3n) is 3.40. The van der Waals surface area contributed by atoms with Crippen molar-refractivity contribution >= 4 is 23.3 Å². The average Bonchev–Trinajstić information content (AvgIpc) is 2.64. The molecule has 2 aromatic rings. The molecule has 146 valence electrons. The summed E-state index contributed by atoms with van der Waals surface area (Å²) in [5.74, 6) is 5.97. The molecule has 2 rings (SSSR count). The average molecular weight is 398 g/mol. The first-order valence-electron chi connectivity index (χ1n) is 8.08. The Morgan fingerprint density at radius 3 is 2.67 bits per heavy atom. The molecule has 5 nitrogen and oxygen atoms in total. The van der Waals surface area contributed by atoms with Crippen LogP contribution in [-0.4, -0.2) is 13.2 Å². The van der Waals surface area contributed by atoms with Crippen molar-refractivity contribution < 1.29 is 17.9 Å². The highest BCUT2D eigenvalue weighted by atomic mass is 32.2. The van der Waals surface area contributed by atoms with E-state index in [4.69, 9.17) is 16.3 Å². The summed E-state index contributed by atoms with van der Waals surface area (Å²) in [4.78, 5) is 0.691. The number of anilines is 2. The summed E-state index contributed by atoms with van der Waals surface area (Å²) in [7, 11) is 0. The van der Waals surface area contributed by atoms with Gasteiger partial charge in [-0.3, -0.25) is 5.01 Å². The molecule has 9 heteroatoms. The Labute approximate surface area is 160 Å². The van der Waals surface area contributed by atoms with Gasteiger partial charge in [-0.15, -0.1) is 0 Å². The lowest BCUT2D eigenvalue weighted by molar-refractivity contribution is -0.136. The molecule has 0 saturated carbocycles. The number of nitrogens with one attached hydrogen (secondary N) is 1. The van der Waals surface area contributed by atoms with Crippen molar-refractivity contribution in [3.05, 3.63) is 66.0 Å². The predicted molar refractivity (Wildman–Crippen MR) is 103 cm³/mol. The number of hydrogen-bond donors (Lipinski definition) is 3. The molecule has 0 heterocycles. The summed E-state index contributed by atoms with van der Waals surface area (Å²) in [6, 6.07) is 12.3. The number of benzene rings is 2. The maximum absolute atomic E-state index is 13.1. The zero-order valence-corrected chi connectivity index (χ0v) is 15.5. The van der Waals surface area contributed by atoms with Gasteiger partial charge in [0.15, 0.2) is 0 Å². The van der Waals surface area contributed by atoms with Crippen molar-refractivity contribution in [2.45, 2.75) is 18.0 Å². The van der Waals surface area contributed by atoms with Crippen LogP contribution >= 0.6 is 11.9 Å². The summed E-state index contributed by atoms with van der Waals surface area (Å²) < 4.78 is 47.1. The van der Waals surface area contributed by atoms with E-state index in [9.17, 15) is 13.2 Å². The highest BCUT2D eigenvalue weighted by Crippen LogP contribution is 2.36. The van der Waals surface area contributed by atoms with E-state index in [-0.39, 0.29) is 12.3 Å². The Hall–Kier alpha value is -2.36. The van der Waals surface area contributed by atoms with E-state index in [0.717, 1.165) is 18.0 Å². The van der Waals surface area contributed by atoms with Crippen LogP contribution in [0.5, 0.6) is 0 Å². The number of nitrogens with zero attached hydrogens (tertiary/aromatic N) is 1. The fourth-order valence-corrected chi connectivity index (χ4v) is 2.88. The van der Waals surface area contributed by atoms with Crippen molar-refractivity contribution in [1.82, 2.24) is 0 Å². The molecule has 0 aliphatic heterocycles. The number of para-hydroxylation sites is 1. The molecule has 0 saturated heterocycles. The third kappa shape index (κ3) is 6.38. The third-order valence-corrected chi connectivity index (χ3v) is 4.22. The fourth-order valence-electron chi connectivity index (χ4n) is 2.15. The largest absolute Gasteiger partial charge is 0.418 e. The summed E-state index contributed by atoms with van der Waals surface area (Å²) >= 11 is 1.06. The minimum atomic E-state index is -4.43. The maximum atomic E-state index is 13.1. The molecule has 0 atom stereocenters. The molecule has 0 radical (unpaired) electrons. The maximum Gasteiger partial charge on any atom is 0.418 e. The number of rotatable bonds is 8. The monoisotopic (exact) mass is 398 g/mol. The zero-order chi connectivity index (χ0) is 19.9. The summed E-state index contributed by atoms with van der Waals surface area (Å²) in [5.41, 5.74) is 6.17. The smallest absolute Gasteiger partial charge is 0.399 e. The van der Waals surface area contributed by atoms with E-state index >= 15 is 0 Å². The van der Waals surface area contributed by atoms with Crippen LogP contribution in [0.2, 0.25) is 0 Å². The van der Waals surface area contributed by atoms with Crippen LogP contribution in [0.1, 0.15) is 12.5 Å². The minimum absolute atomic E-state index is 0.00846. The van der Waals surface area contributed by atoms with Crippen molar-refractivity contribution in [3.63, 3.8) is 0 Å². The Balaban J connectivity index is 2.09. The second-order valence-electron chi connectivity index (χ2n) is 5.49. The normalized spacial score (nSPS) is 12.1. The molecule has 0 unspecified atom stereocenters. The van der Waals surface area contributed by atoms with E-state index in [2.05, 4.69) is 4.72 Å². The standard InChI is InChI=1S/C18H21F3N4OS/c1-2-26-12-13(22)11-25(23)14-6-5-7-15(10-14)27-24-17-9-4-3-8-16(17)18(19,20)21/h3-11,24H,2,12,22-23H2,1H3/b13-11-. The van der Waals surface area contributed by atoms with E-state index in [1.807, 2.05) is 6.92 Å². The second kappa shape index (κ2) is 9.54. The van der Waals surface area contributed by atoms with E-state index in [0.29, 0.717) is 22.9 Å². The van der Waals surface area contributed by atoms with Gasteiger partial charge >= 0.3 is 6.18 Å². The lowest BCUT2D eigenvalue weighted by Crippen LogP contribution is -2.26. The van der Waals surface area contributed by atoms with Crippen molar-refractivity contribution in [2.75, 3.05) is 22.9 Å². The van der Waals surface area contributed by atoms with Gasteiger partial charge in [0.1, 0.15) is 0 Å². The van der Waals surface area contributed by atoms with Crippen LogP contribution in [0.4, 0.5) is 24.5 Å². The van der Waals surface area contributed by atoms with Crippen molar-refractivity contribution in [1.29, 1.82) is 0 Å². The van der Waals surface area contributed by atoms with Gasteiger partial charge in [-0.05, 0) is 49.2 Å². The van der Waals surface area contributed by atoms with Gasteiger partial charge < -0.3 is 15.2 Å². The summed E-state index contributed by atoms with van der Waals surface area (Å²) in [6.45, 7) is 2.66. The topological polar surface area (TPSA) is 76.5 Å². The number of hydrazine groups is 1. The highest BCUT2D eigenvalue weighted by Gasteiger charge is 2.33. The van der Waals surface area contributed by atoms with Crippen LogP contribution in [0.3, 0.4) is 0 Å². The van der Waals surface area contributed by atoms with Crippen molar-refractivity contribution in [3.8, 4) is 0 Å². The molecule has 0 aliphatic rings. The van der Waals surface area contributed by atoms with Gasteiger partial charge in [-0.1, -0.05) is 18.2 Å². The second-order valence-corrected chi connectivity index (χ2v) is 6.37.